The molecule has 3 atom stereocenters. The van der Waals surface area contributed by atoms with E-state index in [1.54, 1.807) is 0 Å². The van der Waals surface area contributed by atoms with E-state index in [0.717, 1.165) is 13.0 Å². The second-order valence-corrected chi connectivity index (χ2v) is 5.64. The summed E-state index contributed by atoms with van der Waals surface area (Å²) in [4.78, 5) is 14.9. The van der Waals surface area contributed by atoms with E-state index in [4.69, 9.17) is 31.4 Å². The maximum Gasteiger partial charge on any atom is 0.161 e. The normalized spacial score (nSPS) is 42.7. The lowest BCUT2D eigenvalue weighted by molar-refractivity contribution is -0.129. The molecule has 3 unspecified atom stereocenters. The molecule has 0 amide bonds. The lowest BCUT2D eigenvalue weighted by Crippen LogP contribution is -2.46. The van der Waals surface area contributed by atoms with Gasteiger partial charge in [-0.05, 0) is 42.0 Å². The maximum atomic E-state index is 13.7. The van der Waals surface area contributed by atoms with Crippen molar-refractivity contribution in [2.45, 2.75) is 45.4 Å². The van der Waals surface area contributed by atoms with Crippen LogP contribution in [-0.4, -0.2) is 37.8 Å². The van der Waals surface area contributed by atoms with E-state index in [1.165, 1.54) is 11.0 Å². The summed E-state index contributed by atoms with van der Waals surface area (Å²) in [6.07, 6.45) is -9.08. The molecule has 4 heteroatoms. The van der Waals surface area contributed by atoms with Gasteiger partial charge in [0.1, 0.15) is 5.78 Å². The van der Waals surface area contributed by atoms with Gasteiger partial charge in [0.05, 0.1) is 22.3 Å². The molecule has 4 nitrogen and oxygen atoms in total. The number of nitrogens with zero attached hydrogens (tertiary/aromatic N) is 1. The summed E-state index contributed by atoms with van der Waals surface area (Å²) in [6, 6.07) is 0.689. The highest BCUT2D eigenvalue weighted by Gasteiger charge is 2.38. The molecule has 3 rings (SSSR count). The summed E-state index contributed by atoms with van der Waals surface area (Å²) in [6.45, 7) is -3.34. The van der Waals surface area contributed by atoms with E-state index in [9.17, 15) is 4.79 Å². The third-order valence-electron chi connectivity index (χ3n) is 4.26. The molecule has 1 fully saturated rings. The fraction of sp³-hybridized carbons (Fsp3) is 0.650. The van der Waals surface area contributed by atoms with Crippen LogP contribution in [0, 0.1) is 11.8 Å². The Kier molecular flexibility index (Phi) is 1.88. The summed E-state index contributed by atoms with van der Waals surface area (Å²) in [5.74, 6) is -8.14. The first-order valence-electron chi connectivity index (χ1n) is 15.5. The zero-order chi connectivity index (χ0) is 31.1. The van der Waals surface area contributed by atoms with Gasteiger partial charge in [0, 0.05) is 45.1 Å². The number of methoxy groups -OCH3 is 2. The second kappa shape index (κ2) is 7.14. The lowest BCUT2D eigenvalue weighted by Gasteiger charge is -2.43. The molecule has 0 bridgehead atoms. The summed E-state index contributed by atoms with van der Waals surface area (Å²) in [7, 11) is -6.05. The Morgan fingerprint density at radius 2 is 2.25 bits per heavy atom. The van der Waals surface area contributed by atoms with Crippen molar-refractivity contribution in [2.75, 3.05) is 27.2 Å². The molecule has 0 N–H and O–H groups in total. The maximum absolute atomic E-state index is 13.7. The number of ketones is 1. The molecule has 0 aliphatic carbocycles. The molecule has 2 heterocycles. The van der Waals surface area contributed by atoms with Gasteiger partial charge < -0.3 is 9.47 Å². The fourth-order valence-corrected chi connectivity index (χ4v) is 3.02. The smallest absolute Gasteiger partial charge is 0.161 e. The van der Waals surface area contributed by atoms with Crippen molar-refractivity contribution < 1.29 is 36.2 Å². The predicted octanol–water partition coefficient (Wildman–Crippen LogP) is 3.63. The number of carbonyl (C=O) groups excluding carboxylic acids is 1. The van der Waals surface area contributed by atoms with Gasteiger partial charge in [-0.15, -0.1) is 0 Å². The highest BCUT2D eigenvalue weighted by atomic mass is 16.5. The van der Waals surface area contributed by atoms with Crippen molar-refractivity contribution in [3.63, 3.8) is 0 Å². The number of hydrogen-bond donors (Lipinski definition) is 0. The lowest BCUT2D eigenvalue weighted by atomic mass is 9.79. The number of piperidine rings is 1. The van der Waals surface area contributed by atoms with E-state index in [1.807, 2.05) is 0 Å². The van der Waals surface area contributed by atoms with E-state index in [0.29, 0.717) is 5.56 Å². The molecule has 0 radical (unpaired) electrons. The third kappa shape index (κ3) is 3.16. The molecule has 24 heavy (non-hydrogen) atoms. The molecular formula is C20H29NO3. The van der Waals surface area contributed by atoms with Crippen LogP contribution in [0.5, 0.6) is 11.5 Å². The number of benzene rings is 1. The molecule has 132 valence electrons. The Morgan fingerprint density at radius 3 is 2.96 bits per heavy atom. The monoisotopic (exact) mass is 347 g/mol. The Morgan fingerprint density at radius 1 is 1.46 bits per heavy atom. The largest absolute Gasteiger partial charge is 0.493 e. The summed E-state index contributed by atoms with van der Waals surface area (Å²) < 4.78 is 137. The SMILES string of the molecule is [2H]C([2H])([2H])Oc1cc2c(cc1OC([2H])([2H])[2H])C1N(CC2)CC([2H])(C([2H])([2H])C(C([2H])([2H])[2H])C([2H])([2H])C)C(=O)C1([2H])[2H]. The van der Waals surface area contributed by atoms with E-state index >= 15 is 0 Å². The quantitative estimate of drug-likeness (QED) is 0.815. The zero-order valence-corrected chi connectivity index (χ0v) is 13.1. The van der Waals surface area contributed by atoms with E-state index in [-0.39, 0.29) is 18.5 Å². The van der Waals surface area contributed by atoms with Crippen molar-refractivity contribution in [3.8, 4) is 11.5 Å². The van der Waals surface area contributed by atoms with Crippen LogP contribution in [0.2, 0.25) is 0 Å². The highest BCUT2D eigenvalue weighted by Crippen LogP contribution is 2.42. The van der Waals surface area contributed by atoms with Crippen LogP contribution in [0.25, 0.3) is 0 Å². The van der Waals surface area contributed by atoms with Gasteiger partial charge in [-0.25, -0.2) is 0 Å². The molecule has 1 aromatic carbocycles. The van der Waals surface area contributed by atoms with Crippen LogP contribution in [0.4, 0.5) is 0 Å². The van der Waals surface area contributed by atoms with Crippen LogP contribution < -0.4 is 9.47 Å². The average Bonchev–Trinajstić information content (AvgIpc) is 2.67. The fourth-order valence-electron chi connectivity index (χ4n) is 3.02. The van der Waals surface area contributed by atoms with Crippen LogP contribution >= 0.6 is 0 Å². The Bertz CT molecular complexity index is 1140. The van der Waals surface area contributed by atoms with Gasteiger partial charge in [-0.1, -0.05) is 20.1 Å². The number of rotatable bonds is 5. The molecule has 0 saturated carbocycles. The average molecular weight is 348 g/mol. The van der Waals surface area contributed by atoms with Crippen molar-refractivity contribution in [3.05, 3.63) is 23.3 Å². The summed E-state index contributed by atoms with van der Waals surface area (Å²) >= 11 is 0. The van der Waals surface area contributed by atoms with Crippen molar-refractivity contribution >= 4 is 5.78 Å². The van der Waals surface area contributed by atoms with Crippen LogP contribution in [0.3, 0.4) is 0 Å². The van der Waals surface area contributed by atoms with Crippen LogP contribution in [-0.2, 0) is 11.2 Å². The van der Waals surface area contributed by atoms with E-state index < -0.39 is 81.7 Å². The first-order valence-corrected chi connectivity index (χ1v) is 7.47. The number of fused-ring (bicyclic) bond motifs is 3. The molecular weight excluding hydrogens is 302 g/mol. The third-order valence-corrected chi connectivity index (χ3v) is 4.26. The Labute approximate surface area is 167 Å². The van der Waals surface area contributed by atoms with Gasteiger partial charge in [-0.2, -0.15) is 0 Å². The Balaban J connectivity index is 2.17. The highest BCUT2D eigenvalue weighted by molar-refractivity contribution is 5.83. The number of ether oxygens (including phenoxy) is 2. The van der Waals surface area contributed by atoms with Gasteiger partial charge in [0.2, 0.25) is 0 Å². The molecule has 1 saturated heterocycles. The number of Topliss-reactive ketones (excluding diaryl/α,β-unsaturated/α-hetero) is 1. The van der Waals surface area contributed by atoms with Gasteiger partial charge in [-0.3, -0.25) is 9.69 Å². The predicted molar refractivity (Wildman–Crippen MR) is 94.8 cm³/mol. The standard InChI is InChI=1S/C20H29NO3/c1-5-13(2)8-15-12-21-7-6-14-9-19(23-3)20(24-4)10-16(14)17(21)11-18(15)22/h9-10,13,15,17H,5-8,11-12H2,1-4H3/i2D3,3D3,4D3,5D2,8D2,11D2,15D. The number of hydrogen-bond acceptors (Lipinski definition) is 4. The number of carbonyl (C=O) groups is 1. The van der Waals surface area contributed by atoms with Crippen molar-refractivity contribution in [1.29, 1.82) is 0 Å². The van der Waals surface area contributed by atoms with Gasteiger partial charge in [0.15, 0.2) is 11.5 Å². The zero-order valence-electron chi connectivity index (χ0n) is 29.1. The minimum Gasteiger partial charge on any atom is -0.493 e. The Hall–Kier alpha value is -1.55. The first-order chi connectivity index (χ1) is 17.6. The van der Waals surface area contributed by atoms with Gasteiger partial charge >= 0.3 is 0 Å². The molecule has 2 aliphatic heterocycles. The van der Waals surface area contributed by atoms with Crippen molar-refractivity contribution in [2.24, 2.45) is 11.8 Å². The molecule has 1 aromatic rings. The van der Waals surface area contributed by atoms with E-state index in [2.05, 4.69) is 0 Å². The van der Waals surface area contributed by atoms with Crippen molar-refractivity contribution in [1.82, 2.24) is 4.90 Å². The topological polar surface area (TPSA) is 38.8 Å². The van der Waals surface area contributed by atoms with Crippen LogP contribution in [0.15, 0.2) is 12.1 Å². The van der Waals surface area contributed by atoms with Crippen LogP contribution in [0.1, 0.15) is 72.0 Å². The second-order valence-electron chi connectivity index (χ2n) is 5.64. The minimum absolute atomic E-state index is 0.0162. The molecule has 2 aliphatic rings. The summed E-state index contributed by atoms with van der Waals surface area (Å²) in [5, 5.41) is 0. The molecule has 0 spiro atoms. The van der Waals surface area contributed by atoms with Gasteiger partial charge in [0.25, 0.3) is 0 Å². The first kappa shape index (κ1) is 6.31. The molecule has 0 aromatic heterocycles. The minimum atomic E-state index is -3.36. The summed E-state index contributed by atoms with van der Waals surface area (Å²) in [5.41, 5.74) is 0.309.